The van der Waals surface area contributed by atoms with Crippen molar-refractivity contribution < 1.29 is 137 Å². The molecular formula is C100H122Cl2N13O28P. The number of phenolic OH excluding ortho intramolecular Hbond substituents is 3. The number of nitrogens with zero attached hydrogens (tertiary/aromatic N) is 4. The smallest absolute Gasteiger partial charge is 0.417 e. The van der Waals surface area contributed by atoms with Crippen LogP contribution in [0.4, 0.5) is 0 Å². The SMILES string of the molecule is CN[C@H]1C(=O)N[C@@H]2Cc3ccc(cc3)Oc3cc4cc(c3O[C@@H]3O[C@H](C(=O)[O-])[C@@H](O)[C@H](O)[C@H]3NC(=O)CCCCCCCCC(C)C)Oc3ccc(cc3Cl)[C@@H](O)[C@@H]3NC(=O)[C@H](NC(=O)[C@@H]4NC(=O)[C@@H](NC2=O)c2cc(cc(O[P+](N4CCCC4)(N4CCCC4)N4CCCC4)c2Cl)Oc2cc1ccc2O)c1ccc(O)c(c1)-c1c(O[C@H]2O[C@H](CO)[C@@H](O)[C@H](O)[C@@H]2O)cc(O)cc1[C@H](C(=O)NCCCN(C)C)NC3=O. The van der Waals surface area contributed by atoms with Gasteiger partial charge < -0.3 is 147 Å². The zero-order chi connectivity index (χ0) is 102. The van der Waals surface area contributed by atoms with Gasteiger partial charge in [0.25, 0.3) is 0 Å². The second-order valence-corrected chi connectivity index (χ2v) is 41.9. The minimum atomic E-state index is -3.22. The number of fused-ring (bicyclic) bond motifs is 14. The number of hydrogen-bond acceptors (Lipinski definition) is 33. The Hall–Kier alpha value is -11.6. The Balaban J connectivity index is 0.930. The molecule has 0 radical (unpaired) electrons. The third-order valence-electron chi connectivity index (χ3n) is 27.3. The summed E-state index contributed by atoms with van der Waals surface area (Å²) < 4.78 is 60.5. The Labute approximate surface area is 840 Å². The lowest BCUT2D eigenvalue weighted by molar-refractivity contribution is -0.336. The number of phenols is 3. The molecular weight excluding hydrogens is 1930 g/mol. The molecule has 5 saturated heterocycles. The number of nitrogens with one attached hydrogen (secondary N) is 9. The van der Waals surface area contributed by atoms with Gasteiger partial charge in [0.2, 0.25) is 71.3 Å². The number of unbranched alkanes of at least 4 members (excludes halogenated alkanes) is 5. The molecule has 44 heteroatoms. The highest BCUT2D eigenvalue weighted by Crippen LogP contribution is 2.71. The molecule has 7 aromatic rings. The van der Waals surface area contributed by atoms with Crippen LogP contribution in [0.15, 0.2) is 115 Å². The molecule has 0 unspecified atom stereocenters. The van der Waals surface area contributed by atoms with Crippen molar-refractivity contribution in [2.24, 2.45) is 5.92 Å². The quantitative estimate of drug-likeness (QED) is 0.0224. The van der Waals surface area contributed by atoms with Gasteiger partial charge in [-0.05, 0) is 191 Å². The number of rotatable bonds is 27. The third kappa shape index (κ3) is 23.1. The van der Waals surface area contributed by atoms with Crippen LogP contribution in [0.2, 0.25) is 10.0 Å². The van der Waals surface area contributed by atoms with Crippen molar-refractivity contribution in [3.63, 3.8) is 0 Å². The zero-order valence-electron chi connectivity index (χ0n) is 79.9. The Bertz CT molecular complexity index is 5860. The summed E-state index contributed by atoms with van der Waals surface area (Å²) in [5.74, 6) is -16.3. The first-order valence-electron chi connectivity index (χ1n) is 48.6. The maximum absolute atomic E-state index is 17.4. The van der Waals surface area contributed by atoms with E-state index in [0.29, 0.717) is 76.6 Å². The molecule has 0 aromatic heterocycles. The van der Waals surface area contributed by atoms with E-state index < -0.39 is 256 Å². The maximum atomic E-state index is 17.4. The van der Waals surface area contributed by atoms with Gasteiger partial charge in [-0.2, -0.15) is 0 Å². The van der Waals surface area contributed by atoms with Crippen molar-refractivity contribution in [3.8, 4) is 80.1 Å². The summed E-state index contributed by atoms with van der Waals surface area (Å²) in [6, 6.07) is 7.24. The van der Waals surface area contributed by atoms with Gasteiger partial charge in [-0.25, -0.2) is 0 Å². The molecule has 18 rings (SSSR count). The monoisotopic (exact) mass is 2050 g/mol. The number of halogens is 2. The molecule has 41 nitrogen and oxygen atoms in total. The Morgan fingerprint density at radius 2 is 1.17 bits per heavy atom. The second kappa shape index (κ2) is 46.0. The molecule has 0 spiro atoms. The van der Waals surface area contributed by atoms with Gasteiger partial charge in [-0.1, -0.05) is 106 Å². The van der Waals surface area contributed by atoms with Gasteiger partial charge in [0.15, 0.2) is 23.0 Å². The molecule has 11 heterocycles. The van der Waals surface area contributed by atoms with E-state index in [1.807, 2.05) is 4.90 Å². The highest BCUT2D eigenvalue weighted by Gasteiger charge is 2.63. The summed E-state index contributed by atoms with van der Waals surface area (Å²) in [7, 11) is 1.81. The number of benzene rings is 7. The number of hydrogen-bond donors (Lipinski definition) is 19. The average Bonchev–Trinajstić information content (AvgIpc) is 1.51. The van der Waals surface area contributed by atoms with E-state index >= 15 is 33.6 Å². The van der Waals surface area contributed by atoms with E-state index in [2.05, 4.69) is 75.7 Å². The van der Waals surface area contributed by atoms with Gasteiger partial charge >= 0.3 is 7.94 Å². The van der Waals surface area contributed by atoms with E-state index in [4.69, 9.17) is 60.9 Å². The molecule has 8 amide bonds. The van der Waals surface area contributed by atoms with Crippen LogP contribution in [-0.2, 0) is 59.0 Å². The summed E-state index contributed by atoms with van der Waals surface area (Å²) in [5, 5.41) is 155. The number of aliphatic hydroxyl groups is 7. The fraction of sp³-hybridized carbons (Fsp3) is 0.490. The number of carboxylic acid groups (broad SMARTS) is 1. The zero-order valence-corrected chi connectivity index (χ0v) is 82.3. The summed E-state index contributed by atoms with van der Waals surface area (Å²) in [6.07, 6.45) is -11.2. The molecule has 5 fully saturated rings. The maximum Gasteiger partial charge on any atom is 0.417 e. The molecule has 18 atom stereocenters. The lowest BCUT2D eigenvalue weighted by Gasteiger charge is -2.43. The normalized spacial score (nSPS) is 26.5. The summed E-state index contributed by atoms with van der Waals surface area (Å²) in [6.45, 7) is 7.30. The molecule has 11 aliphatic heterocycles. The number of aliphatic carboxylic acids is 1. The first-order valence-corrected chi connectivity index (χ1v) is 51.0. The average molecular weight is 2060 g/mol. The third-order valence-corrected chi connectivity index (χ3v) is 31.8. The number of ether oxygens (including phenoxy) is 7. The number of carbonyl (C=O) groups excluding carboxylic acids is 9. The lowest BCUT2D eigenvalue weighted by Crippen LogP contribution is -2.67. The summed E-state index contributed by atoms with van der Waals surface area (Å²) in [4.78, 5) is 144. The van der Waals surface area contributed by atoms with E-state index in [1.54, 1.807) is 14.1 Å². The Kier molecular flexibility index (Phi) is 33.6. The van der Waals surface area contributed by atoms with E-state index in [9.17, 15) is 65.8 Å². The number of aliphatic hydroxyl groups excluding tert-OH is 7. The standard InChI is InChI=1S/C100H122Cl2N13O28P/c1-50(2)19-10-8-6-7-9-11-20-73(120)106-82-85(123)87(125)90(98(134)135)142-99(82)141-89-70-43-55-44-71(89)138-66-30-25-54(41-62(66)101)83(121)81-97(133)110-79(92(128)104-31-18-32-112(4)5)60-45-56(117)46-68(139-100-88(126)86(124)84(122)72(49-116)140-100)74(60)59-40-52(23-28-64(59)118)77(94(130)111-81)107-95(131)78(55)108-96(132)80-61-47-58(48-69(75(61)102)143-144(113-33-12-13-34-113,114-35-14-15-36-114)115-37-16-17-38-115)137-67-42-53(24-29-65(67)119)76(103-3)93(129)105-63(91(127)109-80)39-51-21-26-57(136-70)27-22-51/h21-30,40-48,50,63,72,76-88,90,99-100,103,116,121-126H,6-20,31-39,49H2,1-5H3,(H11-,104,105,106,107,108,109,110,111,117,118,119,120,127,128,129,130,131,132,133,134,135)/t63-,72-,76-,77-,78-,79-,80+,81+,82-,83-,84-,85-,86+,87+,88+,90+,99-,100+/m1/s1. The molecule has 0 saturated carbocycles. The highest BCUT2D eigenvalue weighted by molar-refractivity contribution is 7.64. The van der Waals surface area contributed by atoms with Gasteiger partial charge in [-0.15, -0.1) is 14.0 Å². The number of carbonyl (C=O) groups is 9. The molecule has 11 aliphatic rings. The first kappa shape index (κ1) is 105. The minimum absolute atomic E-state index is 0.0817. The first-order chi connectivity index (χ1) is 69.1. The second-order valence-electron chi connectivity index (χ2n) is 38.2. The van der Waals surface area contributed by atoms with Crippen molar-refractivity contribution in [2.75, 3.05) is 80.1 Å². The van der Waals surface area contributed by atoms with Crippen molar-refractivity contribution in [3.05, 3.63) is 164 Å². The fourth-order valence-electron chi connectivity index (χ4n) is 19.7. The van der Waals surface area contributed by atoms with Gasteiger partial charge in [0.1, 0.15) is 132 Å². The van der Waals surface area contributed by atoms with E-state index in [-0.39, 0.29) is 64.1 Å². The van der Waals surface area contributed by atoms with E-state index in [0.717, 1.165) is 125 Å². The molecule has 0 aliphatic carbocycles. The number of carboxylic acids is 1. The number of amides is 8. The van der Waals surface area contributed by atoms with Gasteiger partial charge in [-0.3, -0.25) is 42.9 Å². The van der Waals surface area contributed by atoms with Crippen LogP contribution in [0.1, 0.15) is 185 Å². The Morgan fingerprint density at radius 3 is 1.82 bits per heavy atom. The number of likely N-dealkylation sites (N-methyl/N-ethyl adjacent to an activating group) is 1. The van der Waals surface area contributed by atoms with Crippen LogP contribution < -0.4 is 81.2 Å². The molecule has 7 aromatic carbocycles. The summed E-state index contributed by atoms with van der Waals surface area (Å²) >= 11 is 15.5. The topological polar surface area (TPSA) is 574 Å². The van der Waals surface area contributed by atoms with Crippen LogP contribution in [0.5, 0.6) is 69.0 Å². The van der Waals surface area contributed by atoms with Crippen LogP contribution in [-0.4, -0.2) is 277 Å². The highest BCUT2D eigenvalue weighted by atomic mass is 35.5. The van der Waals surface area contributed by atoms with Gasteiger partial charge in [0.05, 0.1) is 22.6 Å². The minimum Gasteiger partial charge on any atom is -0.547 e. The van der Waals surface area contributed by atoms with Crippen molar-refractivity contribution in [1.29, 1.82) is 0 Å². The Morgan fingerprint density at radius 1 is 0.556 bits per heavy atom. The lowest BCUT2D eigenvalue weighted by atomic mass is 9.89. The van der Waals surface area contributed by atoms with Crippen LogP contribution in [0.25, 0.3) is 11.1 Å². The summed E-state index contributed by atoms with van der Waals surface area (Å²) in [5.41, 5.74) is -2.29. The van der Waals surface area contributed by atoms with Gasteiger partial charge in [0, 0.05) is 87.5 Å². The predicted molar refractivity (Wildman–Crippen MR) is 518 cm³/mol. The van der Waals surface area contributed by atoms with Crippen molar-refractivity contribution in [1.82, 2.24) is 66.8 Å². The van der Waals surface area contributed by atoms with E-state index in [1.165, 1.54) is 67.7 Å². The molecule has 17 bridgehead atoms. The molecule has 144 heavy (non-hydrogen) atoms. The van der Waals surface area contributed by atoms with Crippen molar-refractivity contribution >= 4 is 84.4 Å². The molecule has 774 valence electrons. The van der Waals surface area contributed by atoms with Crippen LogP contribution >= 0.6 is 31.1 Å². The number of aromatic hydroxyl groups is 3. The van der Waals surface area contributed by atoms with Crippen LogP contribution in [0.3, 0.4) is 0 Å². The largest absolute Gasteiger partial charge is 0.547 e. The molecule has 19 N–H and O–H groups in total. The van der Waals surface area contributed by atoms with Crippen LogP contribution in [0, 0.1) is 5.92 Å². The predicted octanol–water partition coefficient (Wildman–Crippen LogP) is 5.47. The van der Waals surface area contributed by atoms with Crippen molar-refractivity contribution in [2.45, 2.75) is 226 Å². The fourth-order valence-corrected chi connectivity index (χ4v) is 24.5.